The fourth-order valence-corrected chi connectivity index (χ4v) is 4.04. The van der Waals surface area contributed by atoms with Crippen molar-refractivity contribution in [2.45, 2.75) is 32.7 Å². The molecule has 8 heteroatoms. The van der Waals surface area contributed by atoms with E-state index in [1.165, 1.54) is 6.07 Å². The molecular formula is C23H27FN6O. The third kappa shape index (κ3) is 4.29. The maximum Gasteiger partial charge on any atom is 0.215 e. The van der Waals surface area contributed by atoms with Gasteiger partial charge in [-0.1, -0.05) is 0 Å². The summed E-state index contributed by atoms with van der Waals surface area (Å²) in [5.74, 6) is -0.375. The molecule has 2 aromatic heterocycles. The SMILES string of the molecule is CNc1cc(-c2cc(F)c3nc(C)cn3c2)cc(/N=C\N(C=O)C2CCNCC2)c1C. The van der Waals surface area contributed by atoms with Crippen molar-refractivity contribution in [3.05, 3.63) is 47.7 Å². The lowest BCUT2D eigenvalue weighted by Gasteiger charge is -2.28. The van der Waals surface area contributed by atoms with Gasteiger partial charge in [0.15, 0.2) is 11.5 Å². The molecule has 0 unspecified atom stereocenters. The van der Waals surface area contributed by atoms with Crippen molar-refractivity contribution in [2.24, 2.45) is 4.99 Å². The van der Waals surface area contributed by atoms with E-state index >= 15 is 0 Å². The average molecular weight is 423 g/mol. The second-order valence-electron chi connectivity index (χ2n) is 7.89. The second-order valence-corrected chi connectivity index (χ2v) is 7.89. The highest BCUT2D eigenvalue weighted by Crippen LogP contribution is 2.34. The molecule has 3 heterocycles. The number of benzene rings is 1. The molecule has 4 rings (SSSR count). The standard InChI is InChI=1S/C23H27FN6O/c1-15-11-29-12-18(8-20(24)23(29)28-15)17-9-21(25-3)16(2)22(10-17)27-13-30(14-31)19-4-6-26-7-5-19/h8-14,19,25-26H,4-7H2,1-3H3/b27-13-. The molecule has 1 saturated heterocycles. The number of hydrogen-bond acceptors (Lipinski definition) is 5. The predicted molar refractivity (Wildman–Crippen MR) is 122 cm³/mol. The van der Waals surface area contributed by atoms with Crippen LogP contribution in [0.2, 0.25) is 0 Å². The molecule has 2 N–H and O–H groups in total. The molecule has 1 amide bonds. The van der Waals surface area contributed by atoms with E-state index in [1.54, 1.807) is 21.8 Å². The highest BCUT2D eigenvalue weighted by atomic mass is 19.1. The Hall–Kier alpha value is -3.26. The minimum absolute atomic E-state index is 0.149. The number of aromatic nitrogens is 2. The number of carbonyl (C=O) groups excluding carboxylic acids is 1. The van der Waals surface area contributed by atoms with Gasteiger partial charge in [0, 0.05) is 36.7 Å². The predicted octanol–water partition coefficient (Wildman–Crippen LogP) is 3.67. The van der Waals surface area contributed by atoms with E-state index in [-0.39, 0.29) is 11.9 Å². The topological polar surface area (TPSA) is 74.0 Å². The summed E-state index contributed by atoms with van der Waals surface area (Å²) in [6.07, 6.45) is 7.90. The number of nitrogens with one attached hydrogen (secondary N) is 2. The lowest BCUT2D eigenvalue weighted by atomic mass is 10.0. The van der Waals surface area contributed by atoms with Crippen molar-refractivity contribution in [3.63, 3.8) is 0 Å². The van der Waals surface area contributed by atoms with Gasteiger partial charge in [0.25, 0.3) is 0 Å². The van der Waals surface area contributed by atoms with E-state index in [1.807, 2.05) is 39.2 Å². The van der Waals surface area contributed by atoms with Crippen molar-refractivity contribution in [3.8, 4) is 11.1 Å². The van der Waals surface area contributed by atoms with E-state index < -0.39 is 0 Å². The molecule has 1 aliphatic heterocycles. The quantitative estimate of drug-likeness (QED) is 0.361. The van der Waals surface area contributed by atoms with Crippen LogP contribution in [0.5, 0.6) is 0 Å². The molecule has 7 nitrogen and oxygen atoms in total. The van der Waals surface area contributed by atoms with Crippen molar-refractivity contribution in [1.82, 2.24) is 19.6 Å². The Balaban J connectivity index is 1.72. The van der Waals surface area contributed by atoms with Gasteiger partial charge < -0.3 is 19.9 Å². The number of aliphatic imine (C=N–C) groups is 1. The number of halogens is 1. The van der Waals surface area contributed by atoms with Crippen LogP contribution in [0.4, 0.5) is 15.8 Å². The molecule has 1 aliphatic rings. The summed E-state index contributed by atoms with van der Waals surface area (Å²) >= 11 is 0. The molecule has 1 fully saturated rings. The molecule has 0 radical (unpaired) electrons. The summed E-state index contributed by atoms with van der Waals surface area (Å²) in [7, 11) is 1.84. The summed E-state index contributed by atoms with van der Waals surface area (Å²) in [4.78, 5) is 22.1. The minimum Gasteiger partial charge on any atom is -0.388 e. The smallest absolute Gasteiger partial charge is 0.215 e. The zero-order chi connectivity index (χ0) is 22.0. The zero-order valence-corrected chi connectivity index (χ0v) is 18.0. The van der Waals surface area contributed by atoms with Crippen LogP contribution < -0.4 is 10.6 Å². The van der Waals surface area contributed by atoms with Gasteiger partial charge in [0.05, 0.1) is 17.7 Å². The normalized spacial score (nSPS) is 15.0. The number of hydrogen-bond donors (Lipinski definition) is 2. The van der Waals surface area contributed by atoms with Crippen LogP contribution in [0.15, 0.2) is 35.6 Å². The number of pyridine rings is 1. The van der Waals surface area contributed by atoms with Crippen LogP contribution in [-0.2, 0) is 4.79 Å². The molecule has 3 aromatic rings. The molecule has 31 heavy (non-hydrogen) atoms. The highest BCUT2D eigenvalue weighted by Gasteiger charge is 2.18. The lowest BCUT2D eigenvalue weighted by Crippen LogP contribution is -2.41. The molecule has 0 spiro atoms. The Bertz CT molecular complexity index is 1130. The first-order chi connectivity index (χ1) is 15.0. The van der Waals surface area contributed by atoms with Gasteiger partial charge in [-0.05, 0) is 69.1 Å². The third-order valence-electron chi connectivity index (χ3n) is 5.79. The number of anilines is 1. The first kappa shape index (κ1) is 21.0. The number of nitrogens with zero attached hydrogens (tertiary/aromatic N) is 4. The van der Waals surface area contributed by atoms with Crippen LogP contribution in [-0.4, -0.2) is 53.2 Å². The van der Waals surface area contributed by atoms with Crippen LogP contribution in [0, 0.1) is 19.7 Å². The van der Waals surface area contributed by atoms with Crippen LogP contribution >= 0.6 is 0 Å². The van der Waals surface area contributed by atoms with Gasteiger partial charge in [0.2, 0.25) is 6.41 Å². The van der Waals surface area contributed by atoms with Crippen molar-refractivity contribution in [2.75, 3.05) is 25.5 Å². The summed E-state index contributed by atoms with van der Waals surface area (Å²) < 4.78 is 16.3. The number of fused-ring (bicyclic) bond motifs is 1. The maximum atomic E-state index is 14.6. The van der Waals surface area contributed by atoms with Gasteiger partial charge in [-0.2, -0.15) is 0 Å². The fourth-order valence-electron chi connectivity index (χ4n) is 4.04. The molecular weight excluding hydrogens is 395 g/mol. The Morgan fingerprint density at radius 2 is 2.00 bits per heavy atom. The summed E-state index contributed by atoms with van der Waals surface area (Å²) in [5, 5.41) is 6.49. The minimum atomic E-state index is -0.375. The molecule has 1 aromatic carbocycles. The first-order valence-corrected chi connectivity index (χ1v) is 10.5. The van der Waals surface area contributed by atoms with Gasteiger partial charge in [-0.3, -0.25) is 4.79 Å². The Morgan fingerprint density at radius 3 is 2.71 bits per heavy atom. The summed E-state index contributed by atoms with van der Waals surface area (Å²) in [6.45, 7) is 5.60. The van der Waals surface area contributed by atoms with Crippen LogP contribution in [0.1, 0.15) is 24.1 Å². The Kier molecular flexibility index (Phi) is 5.99. The zero-order valence-electron chi connectivity index (χ0n) is 18.0. The van der Waals surface area contributed by atoms with E-state index in [9.17, 15) is 9.18 Å². The maximum absolute atomic E-state index is 14.6. The Morgan fingerprint density at radius 1 is 1.23 bits per heavy atom. The second kappa shape index (κ2) is 8.85. The molecule has 0 saturated carbocycles. The molecule has 162 valence electrons. The summed E-state index contributed by atoms with van der Waals surface area (Å²) in [6, 6.07) is 5.54. The van der Waals surface area contributed by atoms with Gasteiger partial charge in [0.1, 0.15) is 0 Å². The Labute approximate surface area is 181 Å². The molecule has 0 aliphatic carbocycles. The molecule has 0 atom stereocenters. The average Bonchev–Trinajstić information content (AvgIpc) is 3.16. The number of aryl methyl sites for hydroxylation is 1. The van der Waals surface area contributed by atoms with Gasteiger partial charge in [-0.25, -0.2) is 14.4 Å². The van der Waals surface area contributed by atoms with E-state index in [0.717, 1.165) is 66.1 Å². The van der Waals surface area contributed by atoms with Gasteiger partial charge in [-0.15, -0.1) is 0 Å². The monoisotopic (exact) mass is 422 g/mol. The number of amides is 1. The molecule has 0 bridgehead atoms. The van der Waals surface area contributed by atoms with E-state index in [4.69, 9.17) is 0 Å². The van der Waals surface area contributed by atoms with Crippen LogP contribution in [0.3, 0.4) is 0 Å². The number of imidazole rings is 1. The van der Waals surface area contributed by atoms with E-state index in [0.29, 0.717) is 5.65 Å². The largest absolute Gasteiger partial charge is 0.388 e. The number of piperidine rings is 1. The first-order valence-electron chi connectivity index (χ1n) is 10.5. The third-order valence-corrected chi connectivity index (χ3v) is 5.79. The highest BCUT2D eigenvalue weighted by molar-refractivity contribution is 5.81. The van der Waals surface area contributed by atoms with Crippen LogP contribution in [0.25, 0.3) is 16.8 Å². The summed E-state index contributed by atoms with van der Waals surface area (Å²) in [5.41, 5.74) is 5.20. The lowest BCUT2D eigenvalue weighted by molar-refractivity contribution is -0.116. The van der Waals surface area contributed by atoms with Crippen molar-refractivity contribution >= 4 is 29.8 Å². The van der Waals surface area contributed by atoms with Gasteiger partial charge >= 0.3 is 0 Å². The fraction of sp³-hybridized carbons (Fsp3) is 0.348. The number of rotatable bonds is 6. The van der Waals surface area contributed by atoms with E-state index in [2.05, 4.69) is 20.6 Å². The van der Waals surface area contributed by atoms with Crippen molar-refractivity contribution in [1.29, 1.82) is 0 Å². The number of carbonyl (C=O) groups is 1. The van der Waals surface area contributed by atoms with Crippen molar-refractivity contribution < 1.29 is 9.18 Å².